The molecule has 61 heavy (non-hydrogen) atoms. The van der Waals surface area contributed by atoms with E-state index in [2.05, 4.69) is 61.1 Å². The molecule has 3 aromatic carbocycles. The number of anilines is 2. The molecule has 314 valence electrons. The molecule has 6 aromatic rings. The highest BCUT2D eigenvalue weighted by atomic mass is 35.5. The third-order valence-corrected chi connectivity index (χ3v) is 14.2. The van der Waals surface area contributed by atoms with Crippen LogP contribution in [-0.4, -0.2) is 84.3 Å². The summed E-state index contributed by atoms with van der Waals surface area (Å²) in [5.74, 6) is -0.235. The number of amides is 1. The number of nitrogens with one attached hydrogen (secondary N) is 3. The SMILES string of the molecule is CC1(C)CCC(CN2CCN(c3ccc(C(=O)NS(=O)(=O)c4cc(N=O)c5c(c4)OC[C@H](C4CC4)N5)c(-n4ncc5nc6[nH]ccc6cc54)c3)CC2)=C(c2ccc(Cl)cc2)C1. The van der Waals surface area contributed by atoms with Crippen molar-refractivity contribution >= 4 is 72.2 Å². The van der Waals surface area contributed by atoms with Gasteiger partial charge < -0.3 is 19.9 Å². The van der Waals surface area contributed by atoms with Crippen molar-refractivity contribution in [3.8, 4) is 11.4 Å². The Morgan fingerprint density at radius 1 is 1.03 bits per heavy atom. The summed E-state index contributed by atoms with van der Waals surface area (Å²) < 4.78 is 37.6. The topological polar surface area (TPSA) is 167 Å². The van der Waals surface area contributed by atoms with Crippen molar-refractivity contribution in [2.24, 2.45) is 16.5 Å². The fourth-order valence-electron chi connectivity index (χ4n) is 9.06. The molecule has 3 aromatic heterocycles. The highest BCUT2D eigenvalue weighted by Crippen LogP contribution is 2.45. The summed E-state index contributed by atoms with van der Waals surface area (Å²) in [7, 11) is -4.50. The van der Waals surface area contributed by atoms with E-state index in [-0.39, 0.29) is 33.4 Å². The van der Waals surface area contributed by atoms with Crippen molar-refractivity contribution in [3.05, 3.63) is 106 Å². The number of aromatic nitrogens is 4. The van der Waals surface area contributed by atoms with Gasteiger partial charge in [0.1, 0.15) is 34.9 Å². The molecule has 0 spiro atoms. The summed E-state index contributed by atoms with van der Waals surface area (Å²) in [5.41, 5.74) is 7.94. The first-order chi connectivity index (χ1) is 29.4. The van der Waals surface area contributed by atoms with Gasteiger partial charge in [-0.05, 0) is 108 Å². The Hall–Kier alpha value is -5.77. The van der Waals surface area contributed by atoms with E-state index in [0.29, 0.717) is 40.6 Å². The van der Waals surface area contributed by atoms with Gasteiger partial charge in [0.2, 0.25) is 0 Å². The summed E-state index contributed by atoms with van der Waals surface area (Å²) in [5, 5.41) is 12.7. The third kappa shape index (κ3) is 7.74. The number of hydrogen-bond donors (Lipinski definition) is 3. The number of nitroso groups, excluding NO2 is 1. The molecule has 2 aliphatic heterocycles. The Labute approximate surface area is 358 Å². The number of benzene rings is 3. The van der Waals surface area contributed by atoms with Crippen LogP contribution in [0.1, 0.15) is 61.9 Å². The minimum atomic E-state index is -4.50. The molecule has 14 nitrogen and oxygen atoms in total. The van der Waals surface area contributed by atoms with Crippen LogP contribution in [0.5, 0.6) is 5.75 Å². The lowest BCUT2D eigenvalue weighted by Crippen LogP contribution is -2.47. The van der Waals surface area contributed by atoms with Gasteiger partial charge in [-0.25, -0.2) is 22.8 Å². The highest BCUT2D eigenvalue weighted by Gasteiger charge is 2.37. The van der Waals surface area contributed by atoms with Gasteiger partial charge in [-0.15, -0.1) is 4.91 Å². The van der Waals surface area contributed by atoms with E-state index in [4.69, 9.17) is 21.3 Å². The van der Waals surface area contributed by atoms with Gasteiger partial charge in [0, 0.05) is 61.1 Å². The van der Waals surface area contributed by atoms with Crippen LogP contribution in [0.25, 0.3) is 33.3 Å². The van der Waals surface area contributed by atoms with Crippen LogP contribution in [0, 0.1) is 16.2 Å². The first-order valence-electron chi connectivity index (χ1n) is 20.8. The second-order valence-corrected chi connectivity index (χ2v) is 19.6. The molecule has 1 amide bonds. The van der Waals surface area contributed by atoms with E-state index >= 15 is 0 Å². The maximum Gasteiger partial charge on any atom is 0.267 e. The van der Waals surface area contributed by atoms with Gasteiger partial charge >= 0.3 is 0 Å². The number of allylic oxidation sites excluding steroid dienone is 1. The van der Waals surface area contributed by atoms with Gasteiger partial charge in [-0.3, -0.25) is 9.69 Å². The van der Waals surface area contributed by atoms with Gasteiger partial charge in [0.25, 0.3) is 15.9 Å². The molecule has 0 radical (unpaired) electrons. The van der Waals surface area contributed by atoms with Crippen molar-refractivity contribution < 1.29 is 17.9 Å². The number of hydrogen-bond acceptors (Lipinski definition) is 11. The summed E-state index contributed by atoms with van der Waals surface area (Å²) in [6.45, 7) is 9.12. The van der Waals surface area contributed by atoms with Gasteiger partial charge in [-0.2, -0.15) is 5.10 Å². The van der Waals surface area contributed by atoms with Crippen LogP contribution in [0.15, 0.2) is 94.8 Å². The smallest absolute Gasteiger partial charge is 0.267 e. The zero-order chi connectivity index (χ0) is 42.0. The second kappa shape index (κ2) is 15.3. The lowest BCUT2D eigenvalue weighted by atomic mass is 9.72. The van der Waals surface area contributed by atoms with E-state index in [1.807, 2.05) is 36.4 Å². The summed E-state index contributed by atoms with van der Waals surface area (Å²) >= 11 is 6.26. The van der Waals surface area contributed by atoms with Crippen LogP contribution in [0.4, 0.5) is 17.1 Å². The molecule has 5 heterocycles. The number of carbonyl (C=O) groups excluding carboxylic acids is 1. The average molecular weight is 860 g/mol. The third-order valence-electron chi connectivity index (χ3n) is 12.7. The van der Waals surface area contributed by atoms with Crippen LogP contribution in [0.2, 0.25) is 5.02 Å². The molecule has 0 bridgehead atoms. The normalized spacial score (nSPS) is 19.4. The number of carbonyl (C=O) groups is 1. The van der Waals surface area contributed by atoms with Crippen LogP contribution in [0.3, 0.4) is 0 Å². The maximum atomic E-state index is 14.2. The number of piperazine rings is 1. The van der Waals surface area contributed by atoms with E-state index in [1.54, 1.807) is 23.1 Å². The predicted octanol–water partition coefficient (Wildman–Crippen LogP) is 8.44. The largest absolute Gasteiger partial charge is 0.489 e. The first-order valence-corrected chi connectivity index (χ1v) is 22.7. The molecule has 0 unspecified atom stereocenters. The number of aromatic amines is 1. The zero-order valence-electron chi connectivity index (χ0n) is 33.9. The molecule has 2 fully saturated rings. The minimum Gasteiger partial charge on any atom is -0.489 e. The number of nitrogens with zero attached hydrogens (tertiary/aromatic N) is 6. The average Bonchev–Trinajstić information content (AvgIpc) is 3.88. The highest BCUT2D eigenvalue weighted by molar-refractivity contribution is 7.90. The summed E-state index contributed by atoms with van der Waals surface area (Å²) in [4.78, 5) is 38.5. The van der Waals surface area contributed by atoms with Gasteiger partial charge in [-0.1, -0.05) is 43.2 Å². The zero-order valence-corrected chi connectivity index (χ0v) is 35.5. The predicted molar refractivity (Wildman–Crippen MR) is 238 cm³/mol. The monoisotopic (exact) mass is 859 g/mol. The van der Waals surface area contributed by atoms with Crippen LogP contribution >= 0.6 is 11.6 Å². The fourth-order valence-corrected chi connectivity index (χ4v) is 10.2. The van der Waals surface area contributed by atoms with Crippen molar-refractivity contribution in [1.82, 2.24) is 29.4 Å². The standard InChI is InChI=1S/C45H46ClN9O5S/c1-45(2)13-11-30(35(23-45)27-5-7-31(46)8-6-27)25-53-15-17-54(18-16-53)32-9-10-34(39(20-32)55-40-19-29-12-14-47-43(29)50-37(40)24-48-55)44(56)52-61(58,59)33-21-36(51-57)42-41(22-33)60-26-38(49-42)28-3-4-28/h5-10,12,14,19-22,24,28,38,49H,3-4,11,13,15-18,23,25-26H2,1-2H3,(H,47,50)(H,52,56)/t38-/m1/s1. The molecule has 16 heteroatoms. The van der Waals surface area contributed by atoms with E-state index in [9.17, 15) is 18.1 Å². The molecule has 1 saturated carbocycles. The molecular weight excluding hydrogens is 814 g/mol. The molecule has 10 rings (SSSR count). The Bertz CT molecular complexity index is 2860. The van der Waals surface area contributed by atoms with E-state index in [1.165, 1.54) is 22.8 Å². The van der Waals surface area contributed by atoms with Crippen molar-refractivity contribution in [1.29, 1.82) is 0 Å². The van der Waals surface area contributed by atoms with Crippen LogP contribution in [-0.2, 0) is 10.0 Å². The number of fused-ring (bicyclic) bond motifs is 3. The summed E-state index contributed by atoms with van der Waals surface area (Å²) in [6.07, 6.45) is 8.78. The van der Waals surface area contributed by atoms with Crippen molar-refractivity contribution in [2.75, 3.05) is 49.5 Å². The fraction of sp³-hybridized carbons (Fsp3) is 0.356. The van der Waals surface area contributed by atoms with E-state index in [0.717, 1.165) is 87.0 Å². The quantitative estimate of drug-likeness (QED) is 0.114. The van der Waals surface area contributed by atoms with Crippen molar-refractivity contribution in [3.63, 3.8) is 0 Å². The molecule has 2 aliphatic carbocycles. The van der Waals surface area contributed by atoms with Crippen molar-refractivity contribution in [2.45, 2.75) is 56.9 Å². The van der Waals surface area contributed by atoms with Crippen LogP contribution < -0.4 is 19.7 Å². The Balaban J connectivity index is 0.933. The van der Waals surface area contributed by atoms with E-state index < -0.39 is 15.9 Å². The lowest BCUT2D eigenvalue weighted by molar-refractivity contribution is 0.0981. The number of halogens is 1. The maximum absolute atomic E-state index is 14.2. The summed E-state index contributed by atoms with van der Waals surface area (Å²) in [6, 6.07) is 19.9. The minimum absolute atomic E-state index is 0.0170. The molecule has 3 N–H and O–H groups in total. The second-order valence-electron chi connectivity index (χ2n) is 17.5. The number of H-pyrrole nitrogens is 1. The lowest BCUT2D eigenvalue weighted by Gasteiger charge is -2.39. The molecular formula is C45H46ClN9O5S. The number of sulfonamides is 1. The molecule has 1 saturated heterocycles. The number of rotatable bonds is 10. The Morgan fingerprint density at radius 3 is 2.61 bits per heavy atom. The Morgan fingerprint density at radius 2 is 1.84 bits per heavy atom. The molecule has 4 aliphatic rings. The number of ether oxygens (including phenoxy) is 1. The van der Waals surface area contributed by atoms with Gasteiger partial charge in [0.15, 0.2) is 0 Å². The van der Waals surface area contributed by atoms with Gasteiger partial charge in [0.05, 0.1) is 33.9 Å². The Kier molecular flexibility index (Phi) is 9.87. The molecule has 1 atom stereocenters. The number of pyridine rings is 1. The first kappa shape index (κ1) is 39.4.